The molecular weight excluding hydrogens is 348 g/mol. The summed E-state index contributed by atoms with van der Waals surface area (Å²) >= 11 is 0. The number of ketones is 1. The number of hydrogen-bond donors (Lipinski definition) is 2. The molecule has 8 nitrogen and oxygen atoms in total. The van der Waals surface area contributed by atoms with E-state index in [4.69, 9.17) is 5.73 Å². The van der Waals surface area contributed by atoms with Crippen LogP contribution in [0.3, 0.4) is 0 Å². The van der Waals surface area contributed by atoms with E-state index >= 15 is 0 Å². The number of fused-ring (bicyclic) bond motifs is 1. The molecular formula is C19H12N4O4. The van der Waals surface area contributed by atoms with Crippen LogP contribution in [0.5, 0.6) is 0 Å². The molecule has 4 rings (SSSR count). The Labute approximate surface area is 152 Å². The van der Waals surface area contributed by atoms with Gasteiger partial charge in [-0.25, -0.2) is 0 Å². The molecule has 1 aliphatic heterocycles. The lowest BCUT2D eigenvalue weighted by atomic mass is 10.0. The molecule has 0 atom stereocenters. The van der Waals surface area contributed by atoms with Crippen LogP contribution in [-0.2, 0) is 0 Å². The van der Waals surface area contributed by atoms with Crippen LogP contribution in [0.4, 0.5) is 5.82 Å². The minimum absolute atomic E-state index is 0.0766. The maximum absolute atomic E-state index is 12.9. The fourth-order valence-corrected chi connectivity index (χ4v) is 3.02. The molecule has 3 aromatic rings. The van der Waals surface area contributed by atoms with E-state index < -0.39 is 23.2 Å². The Hall–Kier alpha value is -4.07. The molecule has 0 aliphatic carbocycles. The van der Waals surface area contributed by atoms with Crippen LogP contribution < -0.4 is 16.6 Å². The molecule has 0 fully saturated rings. The van der Waals surface area contributed by atoms with Crippen LogP contribution in [0.15, 0.2) is 59.5 Å². The Kier molecular flexibility index (Phi) is 3.66. The van der Waals surface area contributed by atoms with E-state index in [1.807, 2.05) is 0 Å². The number of pyridine rings is 2. The van der Waals surface area contributed by atoms with Gasteiger partial charge >= 0.3 is 0 Å². The lowest BCUT2D eigenvalue weighted by Gasteiger charge is -2.15. The van der Waals surface area contributed by atoms with Gasteiger partial charge in [-0.2, -0.15) is 0 Å². The maximum Gasteiger partial charge on any atom is 0.262 e. The van der Waals surface area contributed by atoms with Crippen molar-refractivity contribution in [2.45, 2.75) is 0 Å². The van der Waals surface area contributed by atoms with Gasteiger partial charge in [-0.1, -0.05) is 18.2 Å². The summed E-state index contributed by atoms with van der Waals surface area (Å²) in [5.41, 5.74) is 5.85. The van der Waals surface area contributed by atoms with Gasteiger partial charge in [-0.05, 0) is 24.3 Å². The molecule has 132 valence electrons. The van der Waals surface area contributed by atoms with Crippen LogP contribution in [0.2, 0.25) is 0 Å². The predicted octanol–water partition coefficient (Wildman–Crippen LogP) is 0.929. The van der Waals surface area contributed by atoms with E-state index in [9.17, 15) is 19.2 Å². The van der Waals surface area contributed by atoms with Crippen molar-refractivity contribution in [3.8, 4) is 5.69 Å². The maximum atomic E-state index is 12.9. The molecule has 0 saturated carbocycles. The second kappa shape index (κ2) is 6.03. The average Bonchev–Trinajstić information content (AvgIpc) is 2.96. The Morgan fingerprint density at radius 2 is 1.74 bits per heavy atom. The summed E-state index contributed by atoms with van der Waals surface area (Å²) in [6.07, 6.45) is 1.49. The van der Waals surface area contributed by atoms with Crippen molar-refractivity contribution in [1.29, 1.82) is 0 Å². The first-order valence-corrected chi connectivity index (χ1v) is 7.95. The number of benzene rings is 1. The zero-order valence-electron chi connectivity index (χ0n) is 13.8. The van der Waals surface area contributed by atoms with Gasteiger partial charge in [0, 0.05) is 17.8 Å². The number of anilines is 1. The quantitative estimate of drug-likeness (QED) is 0.529. The molecule has 1 aromatic carbocycles. The highest BCUT2D eigenvalue weighted by Gasteiger charge is 2.32. The molecule has 0 saturated heterocycles. The Morgan fingerprint density at radius 3 is 2.48 bits per heavy atom. The predicted molar refractivity (Wildman–Crippen MR) is 95.9 cm³/mol. The van der Waals surface area contributed by atoms with Gasteiger partial charge in [0.15, 0.2) is 0 Å². The second-order valence-electron chi connectivity index (χ2n) is 5.84. The second-order valence-corrected chi connectivity index (χ2v) is 5.84. The van der Waals surface area contributed by atoms with Crippen molar-refractivity contribution in [2.75, 3.05) is 5.73 Å². The first kappa shape index (κ1) is 16.4. The molecule has 8 heteroatoms. The number of nitrogens with one attached hydrogen (secondary N) is 1. The third-order valence-electron chi connectivity index (χ3n) is 4.24. The number of rotatable bonds is 3. The van der Waals surface area contributed by atoms with Crippen molar-refractivity contribution in [2.24, 2.45) is 0 Å². The summed E-state index contributed by atoms with van der Waals surface area (Å²) < 4.78 is 1.05. The van der Waals surface area contributed by atoms with Crippen LogP contribution in [0.1, 0.15) is 36.8 Å². The number of para-hydroxylation sites is 1. The van der Waals surface area contributed by atoms with Crippen LogP contribution in [0.25, 0.3) is 5.69 Å². The normalized spacial score (nSPS) is 12.6. The van der Waals surface area contributed by atoms with Crippen molar-refractivity contribution in [3.63, 3.8) is 0 Å². The van der Waals surface area contributed by atoms with Gasteiger partial charge < -0.3 is 5.73 Å². The summed E-state index contributed by atoms with van der Waals surface area (Å²) in [4.78, 5) is 53.3. The van der Waals surface area contributed by atoms with Crippen LogP contribution in [-0.4, -0.2) is 27.1 Å². The lowest BCUT2D eigenvalue weighted by molar-refractivity contribution is 0.0879. The van der Waals surface area contributed by atoms with E-state index in [0.717, 1.165) is 10.6 Å². The van der Waals surface area contributed by atoms with Gasteiger partial charge in [-0.15, -0.1) is 0 Å². The van der Waals surface area contributed by atoms with E-state index in [1.54, 1.807) is 30.3 Å². The number of amides is 2. The summed E-state index contributed by atoms with van der Waals surface area (Å²) in [6, 6.07) is 12.3. The number of nitrogens with two attached hydrogens (primary N) is 1. The largest absolute Gasteiger partial charge is 0.384 e. The number of imide groups is 1. The van der Waals surface area contributed by atoms with Crippen LogP contribution in [0, 0.1) is 0 Å². The molecule has 0 unspecified atom stereocenters. The van der Waals surface area contributed by atoms with E-state index in [2.05, 4.69) is 10.3 Å². The molecule has 2 aromatic heterocycles. The third kappa shape index (κ3) is 2.51. The molecule has 0 radical (unpaired) electrons. The number of nitrogens with zero attached hydrogens (tertiary/aromatic N) is 2. The van der Waals surface area contributed by atoms with Crippen LogP contribution >= 0.6 is 0 Å². The first-order chi connectivity index (χ1) is 13.0. The number of carbonyl (C=O) groups excluding carboxylic acids is 3. The Morgan fingerprint density at radius 1 is 1.00 bits per heavy atom. The topological polar surface area (TPSA) is 124 Å². The first-order valence-electron chi connectivity index (χ1n) is 7.95. The highest BCUT2D eigenvalue weighted by atomic mass is 16.2. The monoisotopic (exact) mass is 360 g/mol. The number of carbonyl (C=O) groups is 3. The van der Waals surface area contributed by atoms with Crippen molar-refractivity contribution < 1.29 is 14.4 Å². The molecule has 27 heavy (non-hydrogen) atoms. The average molecular weight is 360 g/mol. The SMILES string of the molecule is Nc1c2c(cc(=O)n1-c1ccccc1C(=O)c1ccccn1)C(=O)NC2=O. The zero-order chi connectivity index (χ0) is 19.1. The fraction of sp³-hybridized carbons (Fsp3) is 0. The highest BCUT2D eigenvalue weighted by molar-refractivity contribution is 6.23. The van der Waals surface area contributed by atoms with Gasteiger partial charge in [0.25, 0.3) is 17.4 Å². The van der Waals surface area contributed by atoms with Gasteiger partial charge in [0.2, 0.25) is 5.78 Å². The van der Waals surface area contributed by atoms with Crippen molar-refractivity contribution >= 4 is 23.4 Å². The lowest BCUT2D eigenvalue weighted by Crippen LogP contribution is -2.25. The Balaban J connectivity index is 1.96. The minimum atomic E-state index is -0.685. The summed E-state index contributed by atoms with van der Waals surface area (Å²) in [7, 11) is 0. The van der Waals surface area contributed by atoms with E-state index in [-0.39, 0.29) is 33.9 Å². The fourth-order valence-electron chi connectivity index (χ4n) is 3.02. The standard InChI is InChI=1S/C19H12N4O4/c20-17-15-11(18(26)22-19(15)27)9-14(24)23(17)13-7-2-1-5-10(13)16(25)12-6-3-4-8-21-12/h1-9H,20H2,(H,22,26,27). The molecule has 2 amide bonds. The number of nitrogen functional groups attached to an aromatic ring is 1. The third-order valence-corrected chi connectivity index (χ3v) is 4.24. The van der Waals surface area contributed by atoms with Gasteiger partial charge in [-0.3, -0.25) is 34.0 Å². The molecule has 0 bridgehead atoms. The van der Waals surface area contributed by atoms with Gasteiger partial charge in [0.05, 0.1) is 16.8 Å². The minimum Gasteiger partial charge on any atom is -0.384 e. The van der Waals surface area contributed by atoms with Gasteiger partial charge in [0.1, 0.15) is 11.5 Å². The summed E-state index contributed by atoms with van der Waals surface area (Å²) in [5.74, 6) is -1.97. The molecule has 3 heterocycles. The summed E-state index contributed by atoms with van der Waals surface area (Å²) in [6.45, 7) is 0. The number of aromatic nitrogens is 2. The number of hydrogen-bond acceptors (Lipinski definition) is 6. The smallest absolute Gasteiger partial charge is 0.262 e. The highest BCUT2D eigenvalue weighted by Crippen LogP contribution is 2.25. The molecule has 0 spiro atoms. The van der Waals surface area contributed by atoms with E-state index in [0.29, 0.717) is 0 Å². The molecule has 1 aliphatic rings. The summed E-state index contributed by atoms with van der Waals surface area (Å²) in [5, 5.41) is 2.11. The van der Waals surface area contributed by atoms with Crippen molar-refractivity contribution in [1.82, 2.24) is 14.9 Å². The zero-order valence-corrected chi connectivity index (χ0v) is 13.8. The Bertz CT molecular complexity index is 1180. The van der Waals surface area contributed by atoms with Crippen molar-refractivity contribution in [3.05, 3.63) is 87.5 Å². The van der Waals surface area contributed by atoms with E-state index in [1.165, 1.54) is 18.3 Å². The molecule has 3 N–H and O–H groups in total.